The van der Waals surface area contributed by atoms with E-state index in [1.807, 2.05) is 25.9 Å². The van der Waals surface area contributed by atoms with E-state index >= 15 is 0 Å². The number of non-ortho nitro benzene ring substituents is 1. The minimum Gasteiger partial charge on any atom is -0.478 e. The highest BCUT2D eigenvalue weighted by Gasteiger charge is 2.21. The van der Waals surface area contributed by atoms with E-state index in [1.54, 1.807) is 0 Å². The fourth-order valence-corrected chi connectivity index (χ4v) is 2.05. The molecule has 0 bridgehead atoms. The Morgan fingerprint density at radius 3 is 2.62 bits per heavy atom. The number of hydrogen-bond acceptors (Lipinski definition) is 5. The first-order valence-corrected chi connectivity index (χ1v) is 6.72. The van der Waals surface area contributed by atoms with E-state index in [1.165, 1.54) is 0 Å². The van der Waals surface area contributed by atoms with Gasteiger partial charge >= 0.3 is 5.97 Å². The summed E-state index contributed by atoms with van der Waals surface area (Å²) in [6.45, 7) is 2.72. The van der Waals surface area contributed by atoms with Crippen molar-refractivity contribution in [3.63, 3.8) is 0 Å². The predicted molar refractivity (Wildman–Crippen MR) is 81.3 cm³/mol. The van der Waals surface area contributed by atoms with Gasteiger partial charge in [-0.25, -0.2) is 4.79 Å². The summed E-state index contributed by atoms with van der Waals surface area (Å²) in [5, 5.41) is 23.0. The summed E-state index contributed by atoms with van der Waals surface area (Å²) in [5.74, 6) is -1.26. The number of carboxylic acid groups (broad SMARTS) is 1. The number of nitro groups is 1. The van der Waals surface area contributed by atoms with Crippen LogP contribution in [-0.4, -0.2) is 47.6 Å². The molecule has 0 heterocycles. The second-order valence-corrected chi connectivity index (χ2v) is 5.46. The molecule has 0 saturated heterocycles. The van der Waals surface area contributed by atoms with Crippen molar-refractivity contribution in [2.75, 3.05) is 26.0 Å². The molecule has 1 unspecified atom stereocenters. The van der Waals surface area contributed by atoms with Gasteiger partial charge in [0.2, 0.25) is 0 Å². The van der Waals surface area contributed by atoms with Crippen molar-refractivity contribution >= 4 is 28.9 Å². The Bertz CT molecular complexity index is 548. The number of nitro benzene ring substituents is 1. The summed E-state index contributed by atoms with van der Waals surface area (Å²) in [4.78, 5) is 23.4. The molecule has 0 aromatic heterocycles. The van der Waals surface area contributed by atoms with E-state index in [4.69, 9.17) is 11.6 Å². The molecule has 116 valence electrons. The van der Waals surface area contributed by atoms with Crippen LogP contribution in [-0.2, 0) is 0 Å². The minimum absolute atomic E-state index is 0.0237. The fourth-order valence-electron chi connectivity index (χ4n) is 1.78. The number of nitrogens with one attached hydrogen (secondary N) is 1. The van der Waals surface area contributed by atoms with E-state index in [0.717, 1.165) is 25.1 Å². The molecule has 2 N–H and O–H groups in total. The second-order valence-electron chi connectivity index (χ2n) is 5.05. The molecule has 0 aliphatic rings. The molecule has 1 rings (SSSR count). The van der Waals surface area contributed by atoms with Gasteiger partial charge in [0, 0.05) is 18.2 Å². The maximum atomic E-state index is 11.3. The van der Waals surface area contributed by atoms with Crippen LogP contribution in [0.3, 0.4) is 0 Å². The maximum absolute atomic E-state index is 11.3. The number of benzene rings is 1. The molecule has 0 aliphatic carbocycles. The van der Waals surface area contributed by atoms with Crippen LogP contribution in [0, 0.1) is 10.1 Å². The van der Waals surface area contributed by atoms with Gasteiger partial charge in [-0.05, 0) is 34.0 Å². The van der Waals surface area contributed by atoms with Crippen molar-refractivity contribution in [3.05, 3.63) is 32.8 Å². The average Bonchev–Trinajstić information content (AvgIpc) is 2.37. The summed E-state index contributed by atoms with van der Waals surface area (Å²) in [5.41, 5.74) is -0.337. The summed E-state index contributed by atoms with van der Waals surface area (Å²) >= 11 is 5.99. The average molecular weight is 316 g/mol. The Balaban J connectivity index is 3.05. The van der Waals surface area contributed by atoms with Gasteiger partial charge in [-0.3, -0.25) is 10.1 Å². The molecule has 0 spiro atoms. The lowest BCUT2D eigenvalue weighted by Gasteiger charge is -2.19. The molecule has 1 aromatic rings. The first-order valence-electron chi connectivity index (χ1n) is 6.35. The largest absolute Gasteiger partial charge is 0.478 e. The van der Waals surface area contributed by atoms with Crippen molar-refractivity contribution in [1.82, 2.24) is 4.90 Å². The SMILES string of the molecule is CC(CCN(C)C)Nc1c(Cl)cc([N+](=O)[O-])cc1C(=O)O. The molecule has 1 atom stereocenters. The van der Waals surface area contributed by atoms with Crippen LogP contribution in [0.25, 0.3) is 0 Å². The minimum atomic E-state index is -1.26. The zero-order valence-corrected chi connectivity index (χ0v) is 12.8. The molecule has 0 saturated carbocycles. The number of carboxylic acids is 1. The lowest BCUT2D eigenvalue weighted by atomic mass is 10.1. The smallest absolute Gasteiger partial charge is 0.338 e. The van der Waals surface area contributed by atoms with E-state index in [9.17, 15) is 20.0 Å². The fraction of sp³-hybridized carbons (Fsp3) is 0.462. The highest BCUT2D eigenvalue weighted by molar-refractivity contribution is 6.34. The third kappa shape index (κ3) is 4.87. The van der Waals surface area contributed by atoms with Crippen LogP contribution in [0.4, 0.5) is 11.4 Å². The highest BCUT2D eigenvalue weighted by Crippen LogP contribution is 2.32. The van der Waals surface area contributed by atoms with Crippen LogP contribution >= 0.6 is 11.6 Å². The van der Waals surface area contributed by atoms with Gasteiger partial charge < -0.3 is 15.3 Å². The summed E-state index contributed by atoms with van der Waals surface area (Å²) < 4.78 is 0. The van der Waals surface area contributed by atoms with Crippen molar-refractivity contribution in [2.45, 2.75) is 19.4 Å². The Hall–Kier alpha value is -1.86. The molecular weight excluding hydrogens is 298 g/mol. The van der Waals surface area contributed by atoms with Crippen LogP contribution in [0.15, 0.2) is 12.1 Å². The van der Waals surface area contributed by atoms with Crippen LogP contribution in [0.2, 0.25) is 5.02 Å². The van der Waals surface area contributed by atoms with E-state index in [0.29, 0.717) is 0 Å². The molecule has 0 aliphatic heterocycles. The Kier molecular flexibility index (Phi) is 5.92. The van der Waals surface area contributed by atoms with Crippen molar-refractivity contribution in [3.8, 4) is 0 Å². The number of anilines is 1. The molecule has 1 aromatic carbocycles. The Morgan fingerprint density at radius 1 is 1.52 bits per heavy atom. The standard InChI is InChI=1S/C13H18ClN3O4/c1-8(4-5-16(2)3)15-12-10(13(18)19)6-9(17(20)21)7-11(12)14/h6-8,15H,4-5H2,1-3H3,(H,18,19). The number of halogens is 1. The first-order chi connectivity index (χ1) is 9.72. The summed E-state index contributed by atoms with van der Waals surface area (Å²) in [6, 6.07) is 2.13. The highest BCUT2D eigenvalue weighted by atomic mass is 35.5. The number of carbonyl (C=O) groups is 1. The summed E-state index contributed by atoms with van der Waals surface area (Å²) in [6.07, 6.45) is 0.777. The van der Waals surface area contributed by atoms with Gasteiger partial charge in [0.15, 0.2) is 0 Å². The molecule has 21 heavy (non-hydrogen) atoms. The van der Waals surface area contributed by atoms with Crippen LogP contribution in [0.1, 0.15) is 23.7 Å². The van der Waals surface area contributed by atoms with Crippen LogP contribution in [0.5, 0.6) is 0 Å². The van der Waals surface area contributed by atoms with Crippen molar-refractivity contribution < 1.29 is 14.8 Å². The Labute approximate surface area is 127 Å². The van der Waals surface area contributed by atoms with Gasteiger partial charge in [0.05, 0.1) is 21.2 Å². The van der Waals surface area contributed by atoms with Gasteiger partial charge in [-0.1, -0.05) is 11.6 Å². The normalized spacial score (nSPS) is 12.2. The molecule has 0 amide bonds. The zero-order chi connectivity index (χ0) is 16.2. The quantitative estimate of drug-likeness (QED) is 0.593. The van der Waals surface area contributed by atoms with Crippen LogP contribution < -0.4 is 5.32 Å². The third-order valence-electron chi connectivity index (χ3n) is 2.92. The number of aromatic carboxylic acids is 1. The lowest BCUT2D eigenvalue weighted by Crippen LogP contribution is -2.24. The van der Waals surface area contributed by atoms with Gasteiger partial charge in [-0.2, -0.15) is 0 Å². The Morgan fingerprint density at radius 2 is 2.14 bits per heavy atom. The zero-order valence-electron chi connectivity index (χ0n) is 12.1. The molecular formula is C13H18ClN3O4. The first kappa shape index (κ1) is 17.2. The topological polar surface area (TPSA) is 95.7 Å². The molecule has 7 nitrogen and oxygen atoms in total. The molecule has 0 fully saturated rings. The van der Waals surface area contributed by atoms with Gasteiger partial charge in [-0.15, -0.1) is 0 Å². The van der Waals surface area contributed by atoms with Crippen molar-refractivity contribution in [1.29, 1.82) is 0 Å². The second kappa shape index (κ2) is 7.24. The van der Waals surface area contributed by atoms with E-state index in [-0.39, 0.29) is 28.0 Å². The number of rotatable bonds is 7. The van der Waals surface area contributed by atoms with Gasteiger partial charge in [0.25, 0.3) is 5.69 Å². The number of hydrogen-bond donors (Lipinski definition) is 2. The molecule has 0 radical (unpaired) electrons. The van der Waals surface area contributed by atoms with Gasteiger partial charge in [0.1, 0.15) is 0 Å². The van der Waals surface area contributed by atoms with Crippen molar-refractivity contribution in [2.24, 2.45) is 0 Å². The maximum Gasteiger partial charge on any atom is 0.338 e. The lowest BCUT2D eigenvalue weighted by molar-refractivity contribution is -0.384. The number of nitrogens with zero attached hydrogens (tertiary/aromatic N) is 2. The summed E-state index contributed by atoms with van der Waals surface area (Å²) in [7, 11) is 3.88. The monoisotopic (exact) mass is 315 g/mol. The molecule has 8 heteroatoms. The predicted octanol–water partition coefficient (Wildman–Crippen LogP) is 2.70. The van der Waals surface area contributed by atoms with E-state index < -0.39 is 10.9 Å². The third-order valence-corrected chi connectivity index (χ3v) is 3.21. The van der Waals surface area contributed by atoms with E-state index in [2.05, 4.69) is 5.32 Å².